The highest BCUT2D eigenvalue weighted by Gasteiger charge is 2.27. The molecule has 1 saturated carbocycles. The number of amides is 1. The molecule has 0 bridgehead atoms. The summed E-state index contributed by atoms with van der Waals surface area (Å²) in [5.41, 5.74) is 2.54. The van der Waals surface area contributed by atoms with Gasteiger partial charge >= 0.3 is 0 Å². The summed E-state index contributed by atoms with van der Waals surface area (Å²) < 4.78 is 1.92. The Morgan fingerprint density at radius 2 is 2.30 bits per heavy atom. The standard InChI is InChI=1S/C14H17ClN4O/c1-18-7-10(15)5-11(18)8-19(2)14(20)13-6-12(16-17-13)9-3-4-9/h5-7,9H,3-4,8H2,1-2H3,(H,16,17). The average molecular weight is 293 g/mol. The summed E-state index contributed by atoms with van der Waals surface area (Å²) in [5.74, 6) is 0.492. The molecule has 0 saturated heterocycles. The minimum Gasteiger partial charge on any atom is -0.351 e. The summed E-state index contributed by atoms with van der Waals surface area (Å²) in [6, 6.07) is 3.74. The van der Waals surface area contributed by atoms with Crippen LogP contribution in [0.4, 0.5) is 0 Å². The Balaban J connectivity index is 1.70. The maximum absolute atomic E-state index is 12.3. The van der Waals surface area contributed by atoms with E-state index in [0.717, 1.165) is 11.4 Å². The third kappa shape index (κ3) is 2.58. The third-order valence-electron chi connectivity index (χ3n) is 3.65. The summed E-state index contributed by atoms with van der Waals surface area (Å²) in [6.07, 6.45) is 4.20. The number of nitrogens with zero attached hydrogens (tertiary/aromatic N) is 3. The van der Waals surface area contributed by atoms with Crippen molar-refractivity contribution < 1.29 is 4.79 Å². The second-order valence-electron chi connectivity index (χ2n) is 5.40. The van der Waals surface area contributed by atoms with E-state index in [1.165, 1.54) is 12.8 Å². The molecule has 20 heavy (non-hydrogen) atoms. The number of hydrogen-bond acceptors (Lipinski definition) is 2. The zero-order valence-electron chi connectivity index (χ0n) is 11.6. The van der Waals surface area contributed by atoms with E-state index in [-0.39, 0.29) is 5.91 Å². The summed E-state index contributed by atoms with van der Waals surface area (Å²) in [7, 11) is 3.69. The maximum atomic E-state index is 12.3. The molecule has 0 aliphatic heterocycles. The first-order valence-corrected chi connectivity index (χ1v) is 7.04. The van der Waals surface area contributed by atoms with Crippen LogP contribution >= 0.6 is 11.6 Å². The highest BCUT2D eigenvalue weighted by molar-refractivity contribution is 6.30. The number of aromatic amines is 1. The molecule has 0 atom stereocenters. The van der Waals surface area contributed by atoms with Gasteiger partial charge in [0.15, 0.2) is 0 Å². The van der Waals surface area contributed by atoms with Crippen LogP contribution in [0.2, 0.25) is 5.02 Å². The topological polar surface area (TPSA) is 53.9 Å². The Morgan fingerprint density at radius 3 is 2.90 bits per heavy atom. The molecule has 2 aromatic rings. The number of carbonyl (C=O) groups excluding carboxylic acids is 1. The first-order valence-electron chi connectivity index (χ1n) is 6.66. The van der Waals surface area contributed by atoms with Crippen molar-refractivity contribution in [1.82, 2.24) is 19.7 Å². The first-order chi connectivity index (χ1) is 9.54. The van der Waals surface area contributed by atoms with Crippen LogP contribution < -0.4 is 0 Å². The van der Waals surface area contributed by atoms with Gasteiger partial charge in [0.25, 0.3) is 5.91 Å². The molecule has 0 radical (unpaired) electrons. The fourth-order valence-corrected chi connectivity index (χ4v) is 2.56. The van der Waals surface area contributed by atoms with Crippen molar-refractivity contribution in [3.8, 4) is 0 Å². The Kier molecular flexibility index (Phi) is 3.30. The van der Waals surface area contributed by atoms with Gasteiger partial charge < -0.3 is 9.47 Å². The monoisotopic (exact) mass is 292 g/mol. The largest absolute Gasteiger partial charge is 0.351 e. The number of nitrogens with one attached hydrogen (secondary N) is 1. The van der Waals surface area contributed by atoms with E-state index >= 15 is 0 Å². The fraction of sp³-hybridized carbons (Fsp3) is 0.429. The molecule has 1 aliphatic rings. The van der Waals surface area contributed by atoms with Crippen LogP contribution in [0.1, 0.15) is 40.6 Å². The smallest absolute Gasteiger partial charge is 0.274 e. The van der Waals surface area contributed by atoms with Crippen molar-refractivity contribution in [3.63, 3.8) is 0 Å². The van der Waals surface area contributed by atoms with Crippen molar-refractivity contribution in [1.29, 1.82) is 0 Å². The number of rotatable bonds is 4. The van der Waals surface area contributed by atoms with Gasteiger partial charge in [-0.15, -0.1) is 0 Å². The number of aryl methyl sites for hydroxylation is 1. The zero-order chi connectivity index (χ0) is 14.3. The summed E-state index contributed by atoms with van der Waals surface area (Å²) in [5, 5.41) is 7.76. The lowest BCUT2D eigenvalue weighted by atomic mass is 10.2. The lowest BCUT2D eigenvalue weighted by Gasteiger charge is -2.16. The van der Waals surface area contributed by atoms with Crippen LogP contribution in [0, 0.1) is 0 Å². The van der Waals surface area contributed by atoms with Gasteiger partial charge in [-0.1, -0.05) is 11.6 Å². The van der Waals surface area contributed by atoms with Gasteiger partial charge in [0.05, 0.1) is 11.6 Å². The van der Waals surface area contributed by atoms with Gasteiger partial charge in [-0.3, -0.25) is 9.89 Å². The molecule has 2 heterocycles. The second-order valence-corrected chi connectivity index (χ2v) is 5.84. The summed E-state index contributed by atoms with van der Waals surface area (Å²) >= 11 is 5.95. The van der Waals surface area contributed by atoms with Crippen molar-refractivity contribution in [2.45, 2.75) is 25.3 Å². The van der Waals surface area contributed by atoms with E-state index in [1.54, 1.807) is 11.9 Å². The molecular formula is C14H17ClN4O. The molecule has 5 nitrogen and oxygen atoms in total. The minimum atomic E-state index is -0.0783. The number of aromatic nitrogens is 3. The quantitative estimate of drug-likeness (QED) is 0.941. The Labute approximate surface area is 122 Å². The molecule has 106 valence electrons. The van der Waals surface area contributed by atoms with Crippen LogP contribution in [0.3, 0.4) is 0 Å². The fourth-order valence-electron chi connectivity index (χ4n) is 2.28. The molecule has 1 amide bonds. The molecule has 2 aromatic heterocycles. The van der Waals surface area contributed by atoms with Crippen LogP contribution in [-0.4, -0.2) is 32.6 Å². The average Bonchev–Trinajstić information content (AvgIpc) is 3.05. The van der Waals surface area contributed by atoms with Gasteiger partial charge in [-0.2, -0.15) is 5.10 Å². The van der Waals surface area contributed by atoms with Gasteiger partial charge in [0.2, 0.25) is 0 Å². The number of hydrogen-bond donors (Lipinski definition) is 1. The first kappa shape index (κ1) is 13.2. The van der Waals surface area contributed by atoms with Crippen molar-refractivity contribution in [3.05, 3.63) is 40.4 Å². The van der Waals surface area contributed by atoms with Crippen LogP contribution in [0.25, 0.3) is 0 Å². The van der Waals surface area contributed by atoms with Gasteiger partial charge in [0.1, 0.15) is 5.69 Å². The molecule has 3 rings (SSSR count). The van der Waals surface area contributed by atoms with Crippen molar-refractivity contribution in [2.75, 3.05) is 7.05 Å². The number of carbonyl (C=O) groups is 1. The minimum absolute atomic E-state index is 0.0783. The van der Waals surface area contributed by atoms with E-state index in [9.17, 15) is 4.79 Å². The Bertz CT molecular complexity index is 641. The number of H-pyrrole nitrogens is 1. The van der Waals surface area contributed by atoms with E-state index in [4.69, 9.17) is 11.6 Å². The van der Waals surface area contributed by atoms with Crippen molar-refractivity contribution in [2.24, 2.45) is 7.05 Å². The van der Waals surface area contributed by atoms with E-state index in [0.29, 0.717) is 23.2 Å². The third-order valence-corrected chi connectivity index (χ3v) is 3.86. The molecule has 1 aliphatic carbocycles. The molecular weight excluding hydrogens is 276 g/mol. The van der Waals surface area contributed by atoms with E-state index < -0.39 is 0 Å². The van der Waals surface area contributed by atoms with Gasteiger partial charge in [-0.25, -0.2) is 0 Å². The number of halogens is 1. The molecule has 1 N–H and O–H groups in total. The van der Waals surface area contributed by atoms with Crippen LogP contribution in [0.15, 0.2) is 18.3 Å². The molecule has 0 aromatic carbocycles. The molecule has 1 fully saturated rings. The summed E-state index contributed by atoms with van der Waals surface area (Å²) in [4.78, 5) is 14.0. The SMILES string of the molecule is CN(Cc1cc(Cl)cn1C)C(=O)c1cc(C2CC2)[nH]n1. The van der Waals surface area contributed by atoms with E-state index in [1.807, 2.05) is 29.9 Å². The normalized spacial score (nSPS) is 14.6. The van der Waals surface area contributed by atoms with Crippen LogP contribution in [0.5, 0.6) is 0 Å². The van der Waals surface area contributed by atoms with Crippen molar-refractivity contribution >= 4 is 17.5 Å². The molecule has 0 unspecified atom stereocenters. The Hall–Kier alpha value is -1.75. The summed E-state index contributed by atoms with van der Waals surface area (Å²) in [6.45, 7) is 0.508. The lowest BCUT2D eigenvalue weighted by Crippen LogP contribution is -2.27. The predicted molar refractivity (Wildman–Crippen MR) is 76.8 cm³/mol. The Morgan fingerprint density at radius 1 is 1.55 bits per heavy atom. The zero-order valence-corrected chi connectivity index (χ0v) is 12.3. The van der Waals surface area contributed by atoms with E-state index in [2.05, 4.69) is 10.2 Å². The highest BCUT2D eigenvalue weighted by Crippen LogP contribution is 2.39. The predicted octanol–water partition coefficient (Wildman–Crippen LogP) is 2.55. The van der Waals surface area contributed by atoms with Crippen LogP contribution in [-0.2, 0) is 13.6 Å². The maximum Gasteiger partial charge on any atom is 0.274 e. The van der Waals surface area contributed by atoms with Gasteiger partial charge in [0, 0.05) is 37.6 Å². The molecule has 0 spiro atoms. The van der Waals surface area contributed by atoms with Gasteiger partial charge in [-0.05, 0) is 25.0 Å². The second kappa shape index (κ2) is 4.98. The highest BCUT2D eigenvalue weighted by atomic mass is 35.5. The lowest BCUT2D eigenvalue weighted by molar-refractivity contribution is 0.0776. The molecule has 6 heteroatoms.